The molecule has 0 saturated heterocycles. The van der Waals surface area contributed by atoms with Crippen LogP contribution in [0.4, 0.5) is 5.00 Å². The second-order valence-corrected chi connectivity index (χ2v) is 3.01. The average Bonchev–Trinajstić information content (AvgIpc) is 2.55. The maximum atomic E-state index is 4.08. The van der Waals surface area contributed by atoms with Gasteiger partial charge in [0.25, 0.3) is 0 Å². The van der Waals surface area contributed by atoms with Crippen molar-refractivity contribution < 1.29 is 0 Å². The van der Waals surface area contributed by atoms with Crippen molar-refractivity contribution in [1.29, 1.82) is 0 Å². The van der Waals surface area contributed by atoms with Gasteiger partial charge in [-0.3, -0.25) is 0 Å². The van der Waals surface area contributed by atoms with Gasteiger partial charge >= 0.3 is 0 Å². The summed E-state index contributed by atoms with van der Waals surface area (Å²) >= 11 is 1.56. The van der Waals surface area contributed by atoms with E-state index < -0.39 is 0 Å². The number of anilines is 1. The highest BCUT2D eigenvalue weighted by Gasteiger charge is 2.08. The predicted octanol–water partition coefficient (Wildman–Crippen LogP) is 2.53. The normalized spacial score (nSPS) is 14.0. The fourth-order valence-corrected chi connectivity index (χ4v) is 1.79. The van der Waals surface area contributed by atoms with Gasteiger partial charge in [-0.05, 0) is 24.4 Å². The van der Waals surface area contributed by atoms with Crippen LogP contribution >= 0.6 is 11.5 Å². The van der Waals surface area contributed by atoms with E-state index in [2.05, 4.69) is 9.69 Å². The van der Waals surface area contributed by atoms with Gasteiger partial charge in [-0.2, -0.15) is 4.37 Å². The van der Waals surface area contributed by atoms with Crippen LogP contribution in [0, 0.1) is 0 Å². The quantitative estimate of drug-likeness (QED) is 0.647. The summed E-state index contributed by atoms with van der Waals surface area (Å²) in [6.07, 6.45) is 4.43. The summed E-state index contributed by atoms with van der Waals surface area (Å²) < 4.78 is 4.08. The third kappa shape index (κ3) is 1.93. The van der Waals surface area contributed by atoms with Gasteiger partial charge in [0, 0.05) is 18.3 Å². The first kappa shape index (κ1) is 8.53. The lowest BCUT2D eigenvalue weighted by Gasteiger charge is -2.10. The largest absolute Gasteiger partial charge is 0.375 e. The van der Waals surface area contributed by atoms with E-state index in [0.717, 1.165) is 6.54 Å². The fraction of sp³-hybridized carbons (Fsp3) is 0.625. The highest BCUT2D eigenvalue weighted by Crippen LogP contribution is 2.24. The van der Waals surface area contributed by atoms with Crippen LogP contribution in [0.1, 0.15) is 25.8 Å². The minimum atomic E-state index is 1.12. The van der Waals surface area contributed by atoms with E-state index in [9.17, 15) is 0 Å². The van der Waals surface area contributed by atoms with E-state index >= 15 is 0 Å². The van der Waals surface area contributed by atoms with Gasteiger partial charge < -0.3 is 5.32 Å². The zero-order valence-corrected chi connectivity index (χ0v) is 7.87. The van der Waals surface area contributed by atoms with Gasteiger partial charge in [-0.15, -0.1) is 0 Å². The number of aromatic nitrogens is 1. The molecule has 0 radical (unpaired) electrons. The minimum absolute atomic E-state index is 1.12. The molecule has 2 rings (SSSR count). The molecule has 0 unspecified atom stereocenters. The monoisotopic (exact) mass is 170 g/mol. The van der Waals surface area contributed by atoms with Crippen molar-refractivity contribution in [2.45, 2.75) is 26.7 Å². The van der Waals surface area contributed by atoms with Gasteiger partial charge in [-0.25, -0.2) is 0 Å². The Morgan fingerprint density at radius 1 is 1.55 bits per heavy atom. The van der Waals surface area contributed by atoms with Crippen molar-refractivity contribution >= 4 is 16.5 Å². The lowest BCUT2D eigenvalue weighted by Crippen LogP contribution is -2.08. The van der Waals surface area contributed by atoms with Gasteiger partial charge in [-0.1, -0.05) is 13.8 Å². The molecule has 1 N–H and O–H groups in total. The van der Waals surface area contributed by atoms with Crippen LogP contribution in [-0.2, 0) is 6.42 Å². The number of nitrogens with zero attached hydrogens (tertiary/aromatic N) is 1. The van der Waals surface area contributed by atoms with Crippen molar-refractivity contribution in [3.05, 3.63) is 11.8 Å². The number of fused-ring (bicyclic) bond motifs is 1. The molecule has 0 bridgehead atoms. The van der Waals surface area contributed by atoms with Crippen LogP contribution in [0.2, 0.25) is 0 Å². The molecule has 2 heterocycles. The molecule has 11 heavy (non-hydrogen) atoms. The second-order valence-electron chi connectivity index (χ2n) is 2.21. The Balaban J connectivity index is 0.000000281. The third-order valence-corrected chi connectivity index (χ3v) is 2.35. The van der Waals surface area contributed by atoms with E-state index in [1.807, 2.05) is 20.0 Å². The van der Waals surface area contributed by atoms with Gasteiger partial charge in [0.05, 0.1) is 0 Å². The molecule has 0 fully saturated rings. The molecule has 0 amide bonds. The van der Waals surface area contributed by atoms with E-state index in [1.54, 1.807) is 11.5 Å². The van der Waals surface area contributed by atoms with Crippen LogP contribution in [0.5, 0.6) is 0 Å². The Kier molecular flexibility index (Phi) is 3.36. The van der Waals surface area contributed by atoms with Crippen LogP contribution < -0.4 is 5.32 Å². The van der Waals surface area contributed by atoms with Crippen LogP contribution in [-0.4, -0.2) is 10.9 Å². The zero-order valence-electron chi connectivity index (χ0n) is 7.05. The molecule has 62 valence electrons. The standard InChI is InChI=1S/C6H8N2S.C2H6/c1-2-5-4-8-9-6(5)7-3-1;1-2/h4,7H,1-3H2;1-2H3. The molecule has 0 aromatic carbocycles. The Morgan fingerprint density at radius 2 is 2.36 bits per heavy atom. The first-order chi connectivity index (χ1) is 5.47. The van der Waals surface area contributed by atoms with Gasteiger partial charge in [0.2, 0.25) is 0 Å². The van der Waals surface area contributed by atoms with Gasteiger partial charge in [0.1, 0.15) is 5.00 Å². The lowest BCUT2D eigenvalue weighted by molar-refractivity contribution is 0.836. The lowest BCUT2D eigenvalue weighted by atomic mass is 10.1. The molecular formula is C8H14N2S. The summed E-state index contributed by atoms with van der Waals surface area (Å²) in [5.41, 5.74) is 1.39. The maximum absolute atomic E-state index is 4.08. The number of aryl methyl sites for hydroxylation is 1. The molecule has 1 aromatic heterocycles. The Labute approximate surface area is 71.8 Å². The summed E-state index contributed by atoms with van der Waals surface area (Å²) in [5, 5.41) is 4.58. The molecule has 1 aliphatic rings. The molecule has 0 spiro atoms. The second kappa shape index (κ2) is 4.34. The average molecular weight is 170 g/mol. The summed E-state index contributed by atoms with van der Waals surface area (Å²) in [6.45, 7) is 5.12. The van der Waals surface area contributed by atoms with Gasteiger partial charge in [0.15, 0.2) is 0 Å². The molecule has 0 atom stereocenters. The molecule has 0 aliphatic carbocycles. The third-order valence-electron chi connectivity index (χ3n) is 1.55. The number of rotatable bonds is 0. The van der Waals surface area contributed by atoms with Crippen molar-refractivity contribution in [3.63, 3.8) is 0 Å². The molecule has 1 aromatic rings. The van der Waals surface area contributed by atoms with Crippen LogP contribution in [0.3, 0.4) is 0 Å². The highest BCUT2D eigenvalue weighted by molar-refractivity contribution is 7.10. The molecule has 0 saturated carbocycles. The van der Waals surface area contributed by atoms with Crippen LogP contribution in [0.15, 0.2) is 6.20 Å². The predicted molar refractivity (Wildman–Crippen MR) is 50.3 cm³/mol. The van der Waals surface area contributed by atoms with Crippen molar-refractivity contribution in [3.8, 4) is 0 Å². The van der Waals surface area contributed by atoms with Crippen LogP contribution in [0.25, 0.3) is 0 Å². The van der Waals surface area contributed by atoms with E-state index in [1.165, 1.54) is 23.4 Å². The number of hydrogen-bond donors (Lipinski definition) is 1. The molecular weight excluding hydrogens is 156 g/mol. The Morgan fingerprint density at radius 3 is 3.09 bits per heavy atom. The minimum Gasteiger partial charge on any atom is -0.375 e. The summed E-state index contributed by atoms with van der Waals surface area (Å²) in [6, 6.07) is 0. The van der Waals surface area contributed by atoms with E-state index in [0.29, 0.717) is 0 Å². The molecule has 2 nitrogen and oxygen atoms in total. The smallest absolute Gasteiger partial charge is 0.112 e. The molecule has 3 heteroatoms. The van der Waals surface area contributed by atoms with E-state index in [4.69, 9.17) is 0 Å². The number of hydrogen-bond acceptors (Lipinski definition) is 3. The zero-order chi connectivity index (χ0) is 8.10. The highest BCUT2D eigenvalue weighted by atomic mass is 32.1. The number of nitrogens with one attached hydrogen (secondary N) is 1. The Hall–Kier alpha value is -0.570. The first-order valence-corrected chi connectivity index (χ1v) is 4.91. The van der Waals surface area contributed by atoms with E-state index in [-0.39, 0.29) is 0 Å². The summed E-state index contributed by atoms with van der Waals surface area (Å²) in [5.74, 6) is 0. The first-order valence-electron chi connectivity index (χ1n) is 4.14. The van der Waals surface area contributed by atoms with Crippen molar-refractivity contribution in [2.75, 3.05) is 11.9 Å². The maximum Gasteiger partial charge on any atom is 0.112 e. The Bertz CT molecular complexity index is 187. The SMILES string of the molecule is CC.c1nsc2c1CCCN2. The molecule has 1 aliphatic heterocycles. The van der Waals surface area contributed by atoms with Crippen molar-refractivity contribution in [2.24, 2.45) is 0 Å². The summed E-state index contributed by atoms with van der Waals surface area (Å²) in [7, 11) is 0. The fourth-order valence-electron chi connectivity index (χ4n) is 1.06. The summed E-state index contributed by atoms with van der Waals surface area (Å²) in [4.78, 5) is 0. The van der Waals surface area contributed by atoms with Crippen molar-refractivity contribution in [1.82, 2.24) is 4.37 Å². The topological polar surface area (TPSA) is 24.9 Å².